The highest BCUT2D eigenvalue weighted by Gasteiger charge is 2.09. The van der Waals surface area contributed by atoms with Crippen LogP contribution in [0.15, 0.2) is 18.3 Å². The van der Waals surface area contributed by atoms with Crippen LogP contribution in [0.5, 0.6) is 0 Å². The van der Waals surface area contributed by atoms with E-state index in [-0.39, 0.29) is 5.60 Å². The Hall–Kier alpha value is -1.09. The average Bonchev–Trinajstić information content (AvgIpc) is 2.06. The highest BCUT2D eigenvalue weighted by Crippen LogP contribution is 2.11. The van der Waals surface area contributed by atoms with E-state index in [1.807, 2.05) is 32.9 Å². The first-order valence-electron chi connectivity index (χ1n) is 4.82. The summed E-state index contributed by atoms with van der Waals surface area (Å²) in [6.07, 6.45) is 2.51. The quantitative estimate of drug-likeness (QED) is 0.800. The number of ether oxygens (including phenoxy) is 1. The summed E-state index contributed by atoms with van der Waals surface area (Å²) in [5, 5.41) is 0. The van der Waals surface area contributed by atoms with E-state index in [0.717, 1.165) is 12.0 Å². The molecule has 1 rings (SSSR count). The van der Waals surface area contributed by atoms with E-state index in [1.54, 1.807) is 6.20 Å². The van der Waals surface area contributed by atoms with Crippen LogP contribution in [0.25, 0.3) is 0 Å². The summed E-state index contributed by atoms with van der Waals surface area (Å²) in [4.78, 5) is 4.02. The number of nitrogens with zero attached hydrogens (tertiary/aromatic N) is 1. The standard InChI is InChI=1S/C11H18N2O/c1-11(2,3)14-8-6-9-5-4-7-13-10(9)12/h4-5,7H,6,8H2,1-3H3,(H2,12,13). The maximum atomic E-state index is 5.70. The molecule has 0 amide bonds. The van der Waals surface area contributed by atoms with Crippen LogP contribution >= 0.6 is 0 Å². The van der Waals surface area contributed by atoms with E-state index in [9.17, 15) is 0 Å². The molecule has 1 aromatic rings. The highest BCUT2D eigenvalue weighted by atomic mass is 16.5. The Bertz CT molecular complexity index is 292. The van der Waals surface area contributed by atoms with Gasteiger partial charge in [0, 0.05) is 6.20 Å². The Morgan fingerprint density at radius 2 is 2.14 bits per heavy atom. The van der Waals surface area contributed by atoms with Crippen LogP contribution in [-0.4, -0.2) is 17.2 Å². The van der Waals surface area contributed by atoms with Crippen LogP contribution in [0.2, 0.25) is 0 Å². The largest absolute Gasteiger partial charge is 0.383 e. The number of aromatic nitrogens is 1. The molecule has 14 heavy (non-hydrogen) atoms. The fourth-order valence-corrected chi connectivity index (χ4v) is 1.13. The van der Waals surface area contributed by atoms with Crippen LogP contribution in [0.4, 0.5) is 5.82 Å². The zero-order valence-electron chi connectivity index (χ0n) is 9.08. The highest BCUT2D eigenvalue weighted by molar-refractivity contribution is 5.38. The monoisotopic (exact) mass is 194 g/mol. The van der Waals surface area contributed by atoms with E-state index in [4.69, 9.17) is 10.5 Å². The van der Waals surface area contributed by atoms with Gasteiger partial charge in [0.2, 0.25) is 0 Å². The smallest absolute Gasteiger partial charge is 0.126 e. The van der Waals surface area contributed by atoms with Crippen LogP contribution in [0.3, 0.4) is 0 Å². The van der Waals surface area contributed by atoms with Crippen molar-refractivity contribution < 1.29 is 4.74 Å². The summed E-state index contributed by atoms with van der Waals surface area (Å²) in [5.41, 5.74) is 6.67. The lowest BCUT2D eigenvalue weighted by atomic mass is 10.1. The molecule has 3 nitrogen and oxygen atoms in total. The lowest BCUT2D eigenvalue weighted by Gasteiger charge is -2.19. The van der Waals surface area contributed by atoms with Gasteiger partial charge in [-0.1, -0.05) is 6.07 Å². The van der Waals surface area contributed by atoms with E-state index in [0.29, 0.717) is 12.4 Å². The molecule has 0 spiro atoms. The minimum Gasteiger partial charge on any atom is -0.383 e. The molecular weight excluding hydrogens is 176 g/mol. The number of pyridine rings is 1. The molecular formula is C11H18N2O. The second kappa shape index (κ2) is 4.42. The van der Waals surface area contributed by atoms with Crippen molar-refractivity contribution in [3.05, 3.63) is 23.9 Å². The SMILES string of the molecule is CC(C)(C)OCCc1cccnc1N. The van der Waals surface area contributed by atoms with Crippen LogP contribution < -0.4 is 5.73 Å². The molecule has 0 atom stereocenters. The molecule has 0 radical (unpaired) electrons. The zero-order chi connectivity index (χ0) is 10.6. The van der Waals surface area contributed by atoms with E-state index < -0.39 is 0 Å². The van der Waals surface area contributed by atoms with E-state index >= 15 is 0 Å². The second-order valence-corrected chi connectivity index (χ2v) is 4.26. The molecule has 0 bridgehead atoms. The van der Waals surface area contributed by atoms with Gasteiger partial charge in [0.25, 0.3) is 0 Å². The number of nitrogen functional groups attached to an aromatic ring is 1. The molecule has 2 N–H and O–H groups in total. The Balaban J connectivity index is 2.43. The van der Waals surface area contributed by atoms with Crippen molar-refractivity contribution in [2.75, 3.05) is 12.3 Å². The molecule has 1 heterocycles. The number of nitrogens with two attached hydrogens (primary N) is 1. The molecule has 0 aliphatic heterocycles. The molecule has 0 aromatic carbocycles. The first kappa shape index (κ1) is 11.0. The van der Waals surface area contributed by atoms with Crippen molar-refractivity contribution in [2.45, 2.75) is 32.8 Å². The Morgan fingerprint density at radius 1 is 1.43 bits per heavy atom. The fraction of sp³-hybridized carbons (Fsp3) is 0.545. The van der Waals surface area contributed by atoms with Gasteiger partial charge in [0.15, 0.2) is 0 Å². The molecule has 0 unspecified atom stereocenters. The predicted octanol–water partition coefficient (Wildman–Crippen LogP) is 2.02. The van der Waals surface area contributed by atoms with Gasteiger partial charge in [-0.3, -0.25) is 0 Å². The molecule has 0 fully saturated rings. The van der Waals surface area contributed by atoms with Crippen molar-refractivity contribution in [1.29, 1.82) is 0 Å². The molecule has 0 aliphatic rings. The van der Waals surface area contributed by atoms with Gasteiger partial charge < -0.3 is 10.5 Å². The maximum Gasteiger partial charge on any atom is 0.126 e. The van der Waals surface area contributed by atoms with Gasteiger partial charge in [0.05, 0.1) is 12.2 Å². The lowest BCUT2D eigenvalue weighted by Crippen LogP contribution is -2.20. The zero-order valence-corrected chi connectivity index (χ0v) is 9.08. The van der Waals surface area contributed by atoms with Gasteiger partial charge in [0.1, 0.15) is 5.82 Å². The third kappa shape index (κ3) is 3.75. The van der Waals surface area contributed by atoms with Crippen molar-refractivity contribution in [2.24, 2.45) is 0 Å². The maximum absolute atomic E-state index is 5.70. The number of hydrogen-bond acceptors (Lipinski definition) is 3. The van der Waals surface area contributed by atoms with Gasteiger partial charge in [-0.2, -0.15) is 0 Å². The van der Waals surface area contributed by atoms with Gasteiger partial charge >= 0.3 is 0 Å². The lowest BCUT2D eigenvalue weighted by molar-refractivity contribution is -0.000950. The Morgan fingerprint density at radius 3 is 2.71 bits per heavy atom. The second-order valence-electron chi connectivity index (χ2n) is 4.26. The van der Waals surface area contributed by atoms with Gasteiger partial charge in [-0.15, -0.1) is 0 Å². The third-order valence-corrected chi connectivity index (χ3v) is 1.83. The van der Waals surface area contributed by atoms with Crippen molar-refractivity contribution in [3.63, 3.8) is 0 Å². The average molecular weight is 194 g/mol. The molecule has 78 valence electrons. The summed E-state index contributed by atoms with van der Waals surface area (Å²) >= 11 is 0. The van der Waals surface area contributed by atoms with Crippen molar-refractivity contribution in [1.82, 2.24) is 4.98 Å². The summed E-state index contributed by atoms with van der Waals surface area (Å²) in [5.74, 6) is 0.602. The van der Waals surface area contributed by atoms with Crippen LogP contribution in [-0.2, 0) is 11.2 Å². The van der Waals surface area contributed by atoms with E-state index in [2.05, 4.69) is 4.98 Å². The number of rotatable bonds is 3. The summed E-state index contributed by atoms with van der Waals surface area (Å²) in [7, 11) is 0. The van der Waals surface area contributed by atoms with E-state index in [1.165, 1.54) is 0 Å². The summed E-state index contributed by atoms with van der Waals surface area (Å²) in [6.45, 7) is 6.80. The van der Waals surface area contributed by atoms with Crippen molar-refractivity contribution >= 4 is 5.82 Å². The Labute approximate surface area is 85.3 Å². The minimum atomic E-state index is -0.0863. The molecule has 0 saturated carbocycles. The molecule has 0 saturated heterocycles. The van der Waals surface area contributed by atoms with Crippen molar-refractivity contribution in [3.8, 4) is 0 Å². The minimum absolute atomic E-state index is 0.0863. The predicted molar refractivity (Wildman–Crippen MR) is 58.1 cm³/mol. The fourth-order valence-electron chi connectivity index (χ4n) is 1.13. The first-order valence-corrected chi connectivity index (χ1v) is 4.82. The number of anilines is 1. The van der Waals surface area contributed by atoms with Gasteiger partial charge in [-0.25, -0.2) is 4.98 Å². The molecule has 3 heteroatoms. The summed E-state index contributed by atoms with van der Waals surface area (Å²) in [6, 6.07) is 3.87. The number of hydrogen-bond donors (Lipinski definition) is 1. The topological polar surface area (TPSA) is 48.1 Å². The Kier molecular flexibility index (Phi) is 3.47. The molecule has 0 aliphatic carbocycles. The third-order valence-electron chi connectivity index (χ3n) is 1.83. The molecule has 1 aromatic heterocycles. The summed E-state index contributed by atoms with van der Waals surface area (Å²) < 4.78 is 5.60. The first-order chi connectivity index (χ1) is 6.49. The normalized spacial score (nSPS) is 11.6. The van der Waals surface area contributed by atoms with Gasteiger partial charge in [-0.05, 0) is 38.8 Å². The van der Waals surface area contributed by atoms with Crippen LogP contribution in [0, 0.1) is 0 Å². The van der Waals surface area contributed by atoms with Crippen LogP contribution in [0.1, 0.15) is 26.3 Å².